The lowest BCUT2D eigenvalue weighted by atomic mass is 10.0. The number of hydrogen-bond donors (Lipinski definition) is 0. The van der Waals surface area contributed by atoms with Gasteiger partial charge in [-0.25, -0.2) is 8.78 Å². The monoisotopic (exact) mass is 407 g/mol. The molecule has 1 fully saturated rings. The van der Waals surface area contributed by atoms with Crippen molar-refractivity contribution in [2.24, 2.45) is 0 Å². The van der Waals surface area contributed by atoms with Gasteiger partial charge in [0.25, 0.3) is 5.91 Å². The van der Waals surface area contributed by atoms with Gasteiger partial charge in [-0.15, -0.1) is 0 Å². The quantitative estimate of drug-likeness (QED) is 0.741. The van der Waals surface area contributed by atoms with Crippen LogP contribution >= 0.6 is 15.9 Å². The molecular weight excluding hydrogens is 392 g/mol. The van der Waals surface area contributed by atoms with E-state index < -0.39 is 17.5 Å². The second kappa shape index (κ2) is 6.41. The summed E-state index contributed by atoms with van der Waals surface area (Å²) in [7, 11) is 0. The third-order valence-electron chi connectivity index (χ3n) is 4.62. The molecule has 25 heavy (non-hydrogen) atoms. The van der Waals surface area contributed by atoms with Gasteiger partial charge in [0.1, 0.15) is 29.6 Å². The predicted octanol–water partition coefficient (Wildman–Crippen LogP) is 4.64. The lowest BCUT2D eigenvalue weighted by Gasteiger charge is -2.20. The molecule has 0 N–H and O–H groups in total. The van der Waals surface area contributed by atoms with Gasteiger partial charge in [0.05, 0.1) is 6.54 Å². The van der Waals surface area contributed by atoms with Crippen LogP contribution in [0.1, 0.15) is 40.2 Å². The average molecular weight is 408 g/mol. The van der Waals surface area contributed by atoms with Gasteiger partial charge in [-0.1, -0.05) is 22.0 Å². The van der Waals surface area contributed by atoms with Crippen molar-refractivity contribution in [3.05, 3.63) is 63.1 Å². The summed E-state index contributed by atoms with van der Waals surface area (Å²) in [4.78, 5) is 14.2. The number of hydrogen-bond acceptors (Lipinski definition) is 2. The molecule has 0 saturated heterocycles. The highest BCUT2D eigenvalue weighted by atomic mass is 79.9. The van der Waals surface area contributed by atoms with E-state index in [9.17, 15) is 13.6 Å². The average Bonchev–Trinajstić information content (AvgIpc) is 3.40. The van der Waals surface area contributed by atoms with Gasteiger partial charge in [-0.05, 0) is 48.6 Å². The number of amides is 1. The molecule has 0 spiro atoms. The number of fused-ring (bicyclic) bond motifs is 1. The van der Waals surface area contributed by atoms with Crippen LogP contribution < -0.4 is 4.74 Å². The van der Waals surface area contributed by atoms with E-state index in [2.05, 4.69) is 15.9 Å². The van der Waals surface area contributed by atoms with Crippen LogP contribution in [-0.4, -0.2) is 24.0 Å². The molecule has 2 aromatic rings. The topological polar surface area (TPSA) is 29.5 Å². The van der Waals surface area contributed by atoms with Crippen LogP contribution in [0.5, 0.6) is 5.75 Å². The van der Waals surface area contributed by atoms with Crippen molar-refractivity contribution in [3.63, 3.8) is 0 Å². The third-order valence-corrected chi connectivity index (χ3v) is 5.11. The smallest absolute Gasteiger partial charge is 0.261 e. The van der Waals surface area contributed by atoms with Gasteiger partial charge in [0.15, 0.2) is 0 Å². The van der Waals surface area contributed by atoms with E-state index in [1.165, 1.54) is 17.0 Å². The van der Waals surface area contributed by atoms with Gasteiger partial charge in [-0.3, -0.25) is 4.79 Å². The first-order valence-electron chi connectivity index (χ1n) is 8.22. The summed E-state index contributed by atoms with van der Waals surface area (Å²) in [5, 5.41) is 0. The number of nitrogens with zero attached hydrogens (tertiary/aromatic N) is 1. The Hall–Kier alpha value is -1.95. The van der Waals surface area contributed by atoms with Crippen LogP contribution in [0.25, 0.3) is 0 Å². The molecule has 1 heterocycles. The highest BCUT2D eigenvalue weighted by Gasteiger charge is 2.31. The van der Waals surface area contributed by atoms with E-state index in [1.807, 2.05) is 0 Å². The summed E-state index contributed by atoms with van der Waals surface area (Å²) in [5.41, 5.74) is 1.21. The fourth-order valence-corrected chi connectivity index (χ4v) is 3.44. The molecule has 2 aliphatic rings. The van der Waals surface area contributed by atoms with Crippen molar-refractivity contribution in [3.8, 4) is 5.75 Å². The Labute approximate surface area is 152 Å². The molecule has 1 aliphatic heterocycles. The second-order valence-electron chi connectivity index (χ2n) is 6.46. The van der Waals surface area contributed by atoms with E-state index >= 15 is 0 Å². The van der Waals surface area contributed by atoms with Crippen molar-refractivity contribution in [1.82, 2.24) is 4.90 Å². The van der Waals surface area contributed by atoms with E-state index in [4.69, 9.17) is 4.74 Å². The maximum absolute atomic E-state index is 14.6. The largest absolute Gasteiger partial charge is 0.491 e. The number of benzene rings is 2. The molecule has 1 amide bonds. The minimum absolute atomic E-state index is 0.0561. The maximum atomic E-state index is 14.6. The Morgan fingerprint density at radius 2 is 1.96 bits per heavy atom. The molecular formula is C19H16BrF2NO2. The SMILES string of the molecule is O=C1c2c(F)cc(C3CC3)cc2OCCN1Cc1ccc(Br)cc1F. The molecule has 130 valence electrons. The zero-order valence-corrected chi connectivity index (χ0v) is 15.0. The Kier molecular flexibility index (Phi) is 4.23. The summed E-state index contributed by atoms with van der Waals surface area (Å²) in [6.45, 7) is 0.607. The fraction of sp³-hybridized carbons (Fsp3) is 0.316. The Morgan fingerprint density at radius 1 is 1.16 bits per heavy atom. The van der Waals surface area contributed by atoms with E-state index in [1.54, 1.807) is 18.2 Å². The number of carbonyl (C=O) groups excluding carboxylic acids is 1. The van der Waals surface area contributed by atoms with Crippen LogP contribution in [0.15, 0.2) is 34.8 Å². The van der Waals surface area contributed by atoms with Crippen LogP contribution in [-0.2, 0) is 6.54 Å². The second-order valence-corrected chi connectivity index (χ2v) is 7.38. The Bertz CT molecular complexity index is 852. The van der Waals surface area contributed by atoms with Gasteiger partial charge in [0, 0.05) is 16.6 Å². The molecule has 0 aromatic heterocycles. The molecule has 0 bridgehead atoms. The first-order chi connectivity index (χ1) is 12.0. The first kappa shape index (κ1) is 16.5. The Morgan fingerprint density at radius 3 is 2.68 bits per heavy atom. The van der Waals surface area contributed by atoms with Gasteiger partial charge >= 0.3 is 0 Å². The van der Waals surface area contributed by atoms with E-state index in [0.717, 1.165) is 18.4 Å². The lowest BCUT2D eigenvalue weighted by Crippen LogP contribution is -2.32. The molecule has 0 unspecified atom stereocenters. The summed E-state index contributed by atoms with van der Waals surface area (Å²) >= 11 is 3.21. The molecule has 3 nitrogen and oxygen atoms in total. The number of ether oxygens (including phenoxy) is 1. The normalized spacial score (nSPS) is 17.1. The zero-order valence-electron chi connectivity index (χ0n) is 13.4. The maximum Gasteiger partial charge on any atom is 0.261 e. The zero-order chi connectivity index (χ0) is 17.6. The van der Waals surface area contributed by atoms with Crippen LogP contribution in [0.2, 0.25) is 0 Å². The predicted molar refractivity (Wildman–Crippen MR) is 92.7 cm³/mol. The summed E-state index contributed by atoms with van der Waals surface area (Å²) in [6, 6.07) is 7.89. The van der Waals surface area contributed by atoms with Crippen molar-refractivity contribution in [2.75, 3.05) is 13.2 Å². The van der Waals surface area contributed by atoms with Gasteiger partial charge in [-0.2, -0.15) is 0 Å². The number of carbonyl (C=O) groups is 1. The molecule has 4 rings (SSSR count). The first-order valence-corrected chi connectivity index (χ1v) is 9.01. The van der Waals surface area contributed by atoms with Crippen molar-refractivity contribution in [2.45, 2.75) is 25.3 Å². The lowest BCUT2D eigenvalue weighted by molar-refractivity contribution is 0.0737. The number of rotatable bonds is 3. The van der Waals surface area contributed by atoms with Crippen molar-refractivity contribution in [1.29, 1.82) is 0 Å². The molecule has 0 radical (unpaired) electrons. The molecule has 2 aromatic carbocycles. The molecule has 6 heteroatoms. The third kappa shape index (κ3) is 3.27. The highest BCUT2D eigenvalue weighted by molar-refractivity contribution is 9.10. The van der Waals surface area contributed by atoms with Crippen molar-refractivity contribution < 1.29 is 18.3 Å². The van der Waals surface area contributed by atoms with Crippen molar-refractivity contribution >= 4 is 21.8 Å². The number of halogens is 3. The minimum atomic E-state index is -0.562. The van der Waals surface area contributed by atoms with E-state index in [0.29, 0.717) is 21.7 Å². The van der Waals surface area contributed by atoms with Crippen LogP contribution in [0, 0.1) is 11.6 Å². The standard InChI is InChI=1S/C19H16BrF2NO2/c20-14-4-3-12(15(21)9-14)10-23-5-6-25-17-8-13(11-1-2-11)7-16(22)18(17)19(23)24/h3-4,7-9,11H,1-2,5-6,10H2. The summed E-state index contributed by atoms with van der Waals surface area (Å²) in [6.07, 6.45) is 2.09. The van der Waals surface area contributed by atoms with Gasteiger partial charge in [0.2, 0.25) is 0 Å². The Balaban J connectivity index is 1.65. The van der Waals surface area contributed by atoms with Crippen LogP contribution in [0.3, 0.4) is 0 Å². The minimum Gasteiger partial charge on any atom is -0.491 e. The fourth-order valence-electron chi connectivity index (χ4n) is 3.11. The van der Waals surface area contributed by atoms with Crippen LogP contribution in [0.4, 0.5) is 8.78 Å². The summed E-state index contributed by atoms with van der Waals surface area (Å²) in [5.74, 6) is -0.764. The van der Waals surface area contributed by atoms with Gasteiger partial charge < -0.3 is 9.64 Å². The summed E-state index contributed by atoms with van der Waals surface area (Å²) < 4.78 is 34.9. The van der Waals surface area contributed by atoms with E-state index in [-0.39, 0.29) is 25.3 Å². The molecule has 1 saturated carbocycles. The highest BCUT2D eigenvalue weighted by Crippen LogP contribution is 2.42. The molecule has 1 aliphatic carbocycles. The molecule has 0 atom stereocenters.